The lowest BCUT2D eigenvalue weighted by Gasteiger charge is -2.14. The van der Waals surface area contributed by atoms with E-state index >= 15 is 0 Å². The molecule has 0 aliphatic rings. The third-order valence-corrected chi connectivity index (χ3v) is 4.01. The molecule has 3 amide bonds. The van der Waals surface area contributed by atoms with Crippen LogP contribution >= 0.6 is 0 Å². The van der Waals surface area contributed by atoms with E-state index in [1.807, 2.05) is 37.3 Å². The summed E-state index contributed by atoms with van der Waals surface area (Å²) in [6.45, 7) is 1.25. The van der Waals surface area contributed by atoms with Crippen molar-refractivity contribution in [2.45, 2.75) is 19.4 Å². The predicted octanol–water partition coefficient (Wildman–Crippen LogP) is 1.28. The summed E-state index contributed by atoms with van der Waals surface area (Å²) >= 11 is 0. The summed E-state index contributed by atoms with van der Waals surface area (Å²) in [5.41, 5.74) is 6.29. The molecule has 0 radical (unpaired) electrons. The Balaban J connectivity index is 1.61. The maximum atomic E-state index is 11.9. The number of benzene rings is 2. The lowest BCUT2D eigenvalue weighted by molar-refractivity contribution is -0.134. The van der Waals surface area contributed by atoms with Crippen LogP contribution in [0, 0.1) is 0 Å². The van der Waals surface area contributed by atoms with Gasteiger partial charge < -0.3 is 14.8 Å². The molecule has 1 atom stereocenters. The fraction of sp³-hybridized carbons (Fsp3) is 0.286. The van der Waals surface area contributed by atoms with E-state index in [9.17, 15) is 14.4 Å². The molecular formula is C21H25N3O5. The molecule has 0 fully saturated rings. The lowest BCUT2D eigenvalue weighted by Crippen LogP contribution is -2.44. The number of ether oxygens (including phenoxy) is 2. The minimum absolute atomic E-state index is 0.102. The molecule has 0 aliphatic heterocycles. The highest BCUT2D eigenvalue weighted by molar-refractivity contribution is 5.84. The van der Waals surface area contributed by atoms with Gasteiger partial charge in [0.15, 0.2) is 0 Å². The standard InChI is InChI=1S/C21H25N3O5/c1-15(17-6-4-3-5-7-17)22-20(26)13-29-14-21(27)24-23-19(25)12-16-8-10-18(28-2)11-9-16/h3-11,15H,12-14H2,1-2H3,(H,22,26)(H,23,25)(H,24,27)/t15-/m1/s1. The summed E-state index contributed by atoms with van der Waals surface area (Å²) in [5.74, 6) is -0.575. The zero-order valence-corrected chi connectivity index (χ0v) is 16.4. The molecule has 0 heterocycles. The quantitative estimate of drug-likeness (QED) is 0.551. The van der Waals surface area contributed by atoms with Crippen LogP contribution in [0.2, 0.25) is 0 Å². The second kappa shape index (κ2) is 11.5. The van der Waals surface area contributed by atoms with Crippen molar-refractivity contribution in [3.63, 3.8) is 0 Å². The Kier molecular flexibility index (Phi) is 8.65. The zero-order valence-electron chi connectivity index (χ0n) is 16.4. The van der Waals surface area contributed by atoms with Crippen molar-refractivity contribution in [2.75, 3.05) is 20.3 Å². The molecule has 2 aromatic rings. The lowest BCUT2D eigenvalue weighted by atomic mass is 10.1. The zero-order chi connectivity index (χ0) is 21.1. The van der Waals surface area contributed by atoms with Crippen LogP contribution in [0.1, 0.15) is 24.1 Å². The van der Waals surface area contributed by atoms with E-state index in [4.69, 9.17) is 9.47 Å². The van der Waals surface area contributed by atoms with Crippen molar-refractivity contribution in [1.29, 1.82) is 0 Å². The van der Waals surface area contributed by atoms with Gasteiger partial charge in [0.1, 0.15) is 19.0 Å². The molecule has 0 spiro atoms. The van der Waals surface area contributed by atoms with Crippen molar-refractivity contribution in [3.05, 3.63) is 65.7 Å². The predicted molar refractivity (Wildman–Crippen MR) is 107 cm³/mol. The molecule has 0 saturated heterocycles. The van der Waals surface area contributed by atoms with Crippen LogP contribution in [0.5, 0.6) is 5.75 Å². The van der Waals surface area contributed by atoms with Crippen LogP contribution in [0.25, 0.3) is 0 Å². The Morgan fingerprint density at radius 2 is 1.48 bits per heavy atom. The molecule has 0 saturated carbocycles. The summed E-state index contributed by atoms with van der Waals surface area (Å²) in [5, 5.41) is 2.78. The van der Waals surface area contributed by atoms with E-state index in [-0.39, 0.29) is 37.5 Å². The van der Waals surface area contributed by atoms with E-state index in [1.54, 1.807) is 31.4 Å². The van der Waals surface area contributed by atoms with Gasteiger partial charge in [-0.2, -0.15) is 0 Å². The second-order valence-electron chi connectivity index (χ2n) is 6.31. The molecule has 3 N–H and O–H groups in total. The highest BCUT2D eigenvalue weighted by Crippen LogP contribution is 2.12. The topological polar surface area (TPSA) is 106 Å². The van der Waals surface area contributed by atoms with Gasteiger partial charge in [0.25, 0.3) is 5.91 Å². The van der Waals surface area contributed by atoms with Crippen LogP contribution in [0.15, 0.2) is 54.6 Å². The first-order valence-corrected chi connectivity index (χ1v) is 9.10. The van der Waals surface area contributed by atoms with Crippen molar-refractivity contribution < 1.29 is 23.9 Å². The Morgan fingerprint density at radius 3 is 2.14 bits per heavy atom. The van der Waals surface area contributed by atoms with Crippen LogP contribution in [-0.2, 0) is 25.5 Å². The van der Waals surface area contributed by atoms with Gasteiger partial charge in [-0.25, -0.2) is 0 Å². The average Bonchev–Trinajstić information content (AvgIpc) is 2.73. The highest BCUT2D eigenvalue weighted by atomic mass is 16.5. The maximum Gasteiger partial charge on any atom is 0.264 e. The molecule has 154 valence electrons. The fourth-order valence-corrected chi connectivity index (χ4v) is 2.49. The molecule has 0 aromatic heterocycles. The molecule has 0 aliphatic carbocycles. The van der Waals surface area contributed by atoms with Crippen LogP contribution in [-0.4, -0.2) is 38.0 Å². The normalized spacial score (nSPS) is 11.2. The van der Waals surface area contributed by atoms with E-state index < -0.39 is 5.91 Å². The van der Waals surface area contributed by atoms with Gasteiger partial charge in [-0.1, -0.05) is 42.5 Å². The smallest absolute Gasteiger partial charge is 0.264 e. The van der Waals surface area contributed by atoms with E-state index in [2.05, 4.69) is 16.2 Å². The van der Waals surface area contributed by atoms with Gasteiger partial charge in [-0.3, -0.25) is 25.2 Å². The number of methoxy groups -OCH3 is 1. The van der Waals surface area contributed by atoms with Gasteiger partial charge in [-0.15, -0.1) is 0 Å². The largest absolute Gasteiger partial charge is 0.497 e. The minimum Gasteiger partial charge on any atom is -0.497 e. The SMILES string of the molecule is COc1ccc(CC(=O)NNC(=O)COCC(=O)N[C@H](C)c2ccccc2)cc1. The third kappa shape index (κ3) is 8.02. The number of amides is 3. The van der Waals surface area contributed by atoms with Gasteiger partial charge in [0.05, 0.1) is 19.6 Å². The molecular weight excluding hydrogens is 374 g/mol. The Labute approximate surface area is 169 Å². The highest BCUT2D eigenvalue weighted by Gasteiger charge is 2.11. The first kappa shape index (κ1) is 21.9. The minimum atomic E-state index is -0.558. The number of carbonyl (C=O) groups is 3. The number of hydrazine groups is 1. The van der Waals surface area contributed by atoms with Crippen LogP contribution in [0.4, 0.5) is 0 Å². The van der Waals surface area contributed by atoms with Crippen molar-refractivity contribution in [1.82, 2.24) is 16.2 Å². The van der Waals surface area contributed by atoms with Crippen LogP contribution < -0.4 is 20.9 Å². The van der Waals surface area contributed by atoms with Gasteiger partial charge in [-0.05, 0) is 30.2 Å². The van der Waals surface area contributed by atoms with Gasteiger partial charge in [0.2, 0.25) is 11.8 Å². The summed E-state index contributed by atoms with van der Waals surface area (Å²) in [4.78, 5) is 35.4. The summed E-state index contributed by atoms with van der Waals surface area (Å²) in [6, 6.07) is 16.4. The Hall–Kier alpha value is -3.39. The van der Waals surface area contributed by atoms with E-state index in [0.29, 0.717) is 5.75 Å². The van der Waals surface area contributed by atoms with E-state index in [1.165, 1.54) is 0 Å². The second-order valence-corrected chi connectivity index (χ2v) is 6.31. The fourth-order valence-electron chi connectivity index (χ4n) is 2.49. The average molecular weight is 399 g/mol. The number of carbonyl (C=O) groups excluding carboxylic acids is 3. The molecule has 2 aromatic carbocycles. The van der Waals surface area contributed by atoms with E-state index in [0.717, 1.165) is 11.1 Å². The van der Waals surface area contributed by atoms with Crippen molar-refractivity contribution >= 4 is 17.7 Å². The van der Waals surface area contributed by atoms with Crippen molar-refractivity contribution in [3.8, 4) is 5.75 Å². The number of hydrogen-bond donors (Lipinski definition) is 3. The number of rotatable bonds is 9. The first-order valence-electron chi connectivity index (χ1n) is 9.10. The van der Waals surface area contributed by atoms with Gasteiger partial charge >= 0.3 is 0 Å². The Morgan fingerprint density at radius 1 is 0.862 bits per heavy atom. The maximum absolute atomic E-state index is 11.9. The van der Waals surface area contributed by atoms with Crippen LogP contribution in [0.3, 0.4) is 0 Å². The molecule has 2 rings (SSSR count). The Bertz CT molecular complexity index is 809. The van der Waals surface area contributed by atoms with Crippen molar-refractivity contribution in [2.24, 2.45) is 0 Å². The number of nitrogens with one attached hydrogen (secondary N) is 3. The molecule has 29 heavy (non-hydrogen) atoms. The molecule has 0 unspecified atom stereocenters. The summed E-state index contributed by atoms with van der Waals surface area (Å²) < 4.78 is 10.1. The third-order valence-electron chi connectivity index (χ3n) is 4.01. The summed E-state index contributed by atoms with van der Waals surface area (Å²) in [7, 11) is 1.56. The molecule has 0 bridgehead atoms. The monoisotopic (exact) mass is 399 g/mol. The van der Waals surface area contributed by atoms with Gasteiger partial charge in [0, 0.05) is 0 Å². The molecule has 8 heteroatoms. The first-order chi connectivity index (χ1) is 14.0. The molecule has 8 nitrogen and oxygen atoms in total. The number of hydrogen-bond acceptors (Lipinski definition) is 5. The summed E-state index contributed by atoms with van der Waals surface area (Å²) in [6.07, 6.45) is 0.102.